The zero-order valence-corrected chi connectivity index (χ0v) is 5.83. The summed E-state index contributed by atoms with van der Waals surface area (Å²) in [6.07, 6.45) is 8.92. The van der Waals surface area contributed by atoms with Crippen molar-refractivity contribution in [2.24, 2.45) is 0 Å². The minimum atomic E-state index is 0.723. The normalized spacial score (nSPS) is 16.9. The Labute approximate surface area is 60.7 Å². The first kappa shape index (κ1) is 7.09. The number of nitrogens with zero attached hydrogens (tertiary/aromatic N) is 1. The first-order valence-electron chi connectivity index (χ1n) is 3.29. The van der Waals surface area contributed by atoms with Gasteiger partial charge in [-0.15, -0.1) is 6.58 Å². The van der Waals surface area contributed by atoms with E-state index in [9.17, 15) is 0 Å². The minimum Gasteiger partial charge on any atom is -0.284 e. The van der Waals surface area contributed by atoms with Gasteiger partial charge in [-0.05, 0) is 6.42 Å². The van der Waals surface area contributed by atoms with E-state index < -0.39 is 0 Å². The van der Waals surface area contributed by atoms with Gasteiger partial charge in [0.1, 0.15) is 0 Å². The summed E-state index contributed by atoms with van der Waals surface area (Å²) in [7, 11) is 0. The Balaban J connectivity index is 2.56. The molecule has 0 aliphatic carbocycles. The summed E-state index contributed by atoms with van der Waals surface area (Å²) in [6.45, 7) is 3.59. The highest BCUT2D eigenvalue weighted by molar-refractivity contribution is 5.12. The van der Waals surface area contributed by atoms with Crippen LogP contribution in [0.2, 0.25) is 0 Å². The Bertz CT molecular complexity index is 182. The van der Waals surface area contributed by atoms with Crippen LogP contribution >= 0.6 is 0 Å². The molecule has 1 aliphatic rings. The van der Waals surface area contributed by atoms with Crippen LogP contribution in [-0.4, -0.2) is 10.3 Å². The van der Waals surface area contributed by atoms with E-state index in [2.05, 4.69) is 6.58 Å². The molecule has 0 unspecified atom stereocenters. The zero-order valence-electron chi connectivity index (χ0n) is 5.83. The monoisotopic (exact) mass is 137 g/mol. The maximum Gasteiger partial charge on any atom is 0.0460 e. The molecular formula is C8H11NO. The van der Waals surface area contributed by atoms with E-state index in [4.69, 9.17) is 5.21 Å². The Hall–Kier alpha value is -1.02. The molecular weight excluding hydrogens is 126 g/mol. The molecule has 2 nitrogen and oxygen atoms in total. The Morgan fingerprint density at radius 2 is 2.60 bits per heavy atom. The van der Waals surface area contributed by atoms with Crippen molar-refractivity contribution < 1.29 is 5.21 Å². The van der Waals surface area contributed by atoms with E-state index in [-0.39, 0.29) is 0 Å². The molecule has 1 aliphatic heterocycles. The van der Waals surface area contributed by atoms with Crippen molar-refractivity contribution in [2.75, 3.05) is 0 Å². The van der Waals surface area contributed by atoms with Gasteiger partial charge in [-0.2, -0.15) is 0 Å². The molecule has 54 valence electrons. The van der Waals surface area contributed by atoms with Crippen molar-refractivity contribution in [2.45, 2.75) is 12.8 Å². The number of hydrogen-bond acceptors (Lipinski definition) is 2. The lowest BCUT2D eigenvalue weighted by Crippen LogP contribution is -2.12. The molecule has 0 aromatic heterocycles. The molecule has 1 rings (SSSR count). The van der Waals surface area contributed by atoms with Crippen molar-refractivity contribution in [3.63, 3.8) is 0 Å². The largest absolute Gasteiger partial charge is 0.284 e. The van der Waals surface area contributed by atoms with E-state index in [1.807, 2.05) is 12.2 Å². The second-order valence-electron chi connectivity index (χ2n) is 2.15. The van der Waals surface area contributed by atoms with Crippen molar-refractivity contribution in [1.29, 1.82) is 0 Å². The molecule has 10 heavy (non-hydrogen) atoms. The highest BCUT2D eigenvalue weighted by Crippen LogP contribution is 2.13. The molecule has 0 bridgehead atoms. The fraction of sp³-hybridized carbons (Fsp3) is 0.250. The predicted octanol–water partition coefficient (Wildman–Crippen LogP) is 2.05. The highest BCUT2D eigenvalue weighted by Gasteiger charge is 2.02. The van der Waals surface area contributed by atoms with Crippen molar-refractivity contribution in [3.8, 4) is 0 Å². The van der Waals surface area contributed by atoms with Gasteiger partial charge in [-0.1, -0.05) is 18.2 Å². The molecule has 0 fully saturated rings. The van der Waals surface area contributed by atoms with Crippen LogP contribution in [0.3, 0.4) is 0 Å². The van der Waals surface area contributed by atoms with Gasteiger partial charge in [0.15, 0.2) is 0 Å². The van der Waals surface area contributed by atoms with Gasteiger partial charge in [0.05, 0.1) is 0 Å². The molecule has 0 saturated heterocycles. The Kier molecular flexibility index (Phi) is 2.29. The van der Waals surface area contributed by atoms with Crippen LogP contribution in [0, 0.1) is 0 Å². The van der Waals surface area contributed by atoms with Gasteiger partial charge >= 0.3 is 0 Å². The van der Waals surface area contributed by atoms with Crippen molar-refractivity contribution >= 4 is 0 Å². The summed E-state index contributed by atoms with van der Waals surface area (Å²) in [5.74, 6) is 0. The smallest absolute Gasteiger partial charge is 0.0460 e. The van der Waals surface area contributed by atoms with Gasteiger partial charge < -0.3 is 0 Å². The molecule has 0 spiro atoms. The lowest BCUT2D eigenvalue weighted by Gasteiger charge is -2.17. The third-order valence-corrected chi connectivity index (χ3v) is 1.38. The third-order valence-electron chi connectivity index (χ3n) is 1.38. The predicted molar refractivity (Wildman–Crippen MR) is 40.3 cm³/mol. The van der Waals surface area contributed by atoms with E-state index in [0.717, 1.165) is 23.6 Å². The molecule has 0 aromatic rings. The molecule has 2 heteroatoms. The summed E-state index contributed by atoms with van der Waals surface area (Å²) >= 11 is 0. The van der Waals surface area contributed by atoms with E-state index in [0.29, 0.717) is 0 Å². The van der Waals surface area contributed by atoms with Gasteiger partial charge in [0, 0.05) is 18.3 Å². The molecule has 0 atom stereocenters. The molecule has 0 amide bonds. The third kappa shape index (κ3) is 1.48. The number of rotatable bonds is 2. The molecule has 1 N–H and O–H groups in total. The zero-order chi connectivity index (χ0) is 7.40. The lowest BCUT2D eigenvalue weighted by atomic mass is 10.2. The molecule has 0 saturated carbocycles. The van der Waals surface area contributed by atoms with Crippen LogP contribution in [0.1, 0.15) is 12.8 Å². The summed E-state index contributed by atoms with van der Waals surface area (Å²) in [6, 6.07) is 0. The maximum atomic E-state index is 9.13. The van der Waals surface area contributed by atoms with Crippen LogP contribution in [0.5, 0.6) is 0 Å². The van der Waals surface area contributed by atoms with Crippen LogP contribution in [0.15, 0.2) is 36.7 Å². The average molecular weight is 137 g/mol. The van der Waals surface area contributed by atoms with Crippen LogP contribution in [0.4, 0.5) is 0 Å². The summed E-state index contributed by atoms with van der Waals surface area (Å²) in [5, 5.41) is 10.3. The molecule has 0 aromatic carbocycles. The average Bonchev–Trinajstić information content (AvgIpc) is 1.94. The van der Waals surface area contributed by atoms with Crippen molar-refractivity contribution in [3.05, 3.63) is 36.7 Å². The summed E-state index contributed by atoms with van der Waals surface area (Å²) in [4.78, 5) is 0. The van der Waals surface area contributed by atoms with E-state index in [1.165, 1.54) is 0 Å². The van der Waals surface area contributed by atoms with Gasteiger partial charge in [-0.3, -0.25) is 5.21 Å². The topological polar surface area (TPSA) is 23.5 Å². The van der Waals surface area contributed by atoms with E-state index >= 15 is 0 Å². The second kappa shape index (κ2) is 3.22. The first-order valence-corrected chi connectivity index (χ1v) is 3.29. The first-order chi connectivity index (χ1) is 4.84. The quantitative estimate of drug-likeness (QED) is 0.589. The second-order valence-corrected chi connectivity index (χ2v) is 2.15. The standard InChI is InChI=1S/C8H11NO/c1-2-5-8-6-3-4-7-9(8)10/h2,4,6-7,10H,1,3,5H2. The minimum absolute atomic E-state index is 0.723. The van der Waals surface area contributed by atoms with Gasteiger partial charge in [0.25, 0.3) is 0 Å². The number of allylic oxidation sites excluding steroid dienone is 3. The number of hydrogen-bond donors (Lipinski definition) is 1. The SMILES string of the molecule is C=CCC1=CCC=CN1O. The number of hydroxylamine groups is 2. The fourth-order valence-electron chi connectivity index (χ4n) is 0.879. The summed E-state index contributed by atoms with van der Waals surface area (Å²) in [5.41, 5.74) is 0.900. The van der Waals surface area contributed by atoms with Gasteiger partial charge in [0.2, 0.25) is 0 Å². The van der Waals surface area contributed by atoms with Gasteiger partial charge in [-0.25, -0.2) is 5.06 Å². The highest BCUT2D eigenvalue weighted by atomic mass is 16.5. The Morgan fingerprint density at radius 3 is 3.20 bits per heavy atom. The lowest BCUT2D eigenvalue weighted by molar-refractivity contribution is -0.00787. The summed E-state index contributed by atoms with van der Waals surface area (Å²) < 4.78 is 0. The van der Waals surface area contributed by atoms with E-state index in [1.54, 1.807) is 12.3 Å². The molecule has 1 heterocycles. The van der Waals surface area contributed by atoms with Crippen LogP contribution in [-0.2, 0) is 0 Å². The van der Waals surface area contributed by atoms with Crippen LogP contribution < -0.4 is 0 Å². The maximum absolute atomic E-state index is 9.13. The van der Waals surface area contributed by atoms with Crippen molar-refractivity contribution in [1.82, 2.24) is 5.06 Å². The molecule has 0 radical (unpaired) electrons. The Morgan fingerprint density at radius 1 is 1.80 bits per heavy atom. The van der Waals surface area contributed by atoms with Crippen LogP contribution in [0.25, 0.3) is 0 Å². The fourth-order valence-corrected chi connectivity index (χ4v) is 0.879.